The molecule has 0 aliphatic carbocycles. The number of carbonyl (C=O) groups excluding carboxylic acids is 2. The number of anilines is 1. The quantitative estimate of drug-likeness (QED) is 0.683. The number of benzene rings is 2. The molecule has 1 aliphatic rings. The number of carbonyl (C=O) groups is 2. The van der Waals surface area contributed by atoms with Crippen LogP contribution in [0.25, 0.3) is 10.9 Å². The van der Waals surface area contributed by atoms with E-state index in [4.69, 9.17) is 0 Å². The molecule has 0 saturated heterocycles. The average Bonchev–Trinajstić information content (AvgIpc) is 3.06. The van der Waals surface area contributed by atoms with Crippen molar-refractivity contribution < 1.29 is 14.0 Å². The van der Waals surface area contributed by atoms with Crippen LogP contribution in [0.2, 0.25) is 0 Å². The number of fused-ring (bicyclic) bond motifs is 3. The van der Waals surface area contributed by atoms with E-state index in [-0.39, 0.29) is 24.1 Å². The number of hydrogen-bond donors (Lipinski definition) is 2. The predicted molar refractivity (Wildman–Crippen MR) is 106 cm³/mol. The fourth-order valence-electron chi connectivity index (χ4n) is 3.65. The van der Waals surface area contributed by atoms with Gasteiger partial charge in [0, 0.05) is 47.4 Å². The van der Waals surface area contributed by atoms with Gasteiger partial charge in [-0.15, -0.1) is 0 Å². The summed E-state index contributed by atoms with van der Waals surface area (Å²) in [4.78, 5) is 29.7. The van der Waals surface area contributed by atoms with Gasteiger partial charge >= 0.3 is 0 Å². The van der Waals surface area contributed by atoms with Crippen molar-refractivity contribution in [2.24, 2.45) is 0 Å². The number of H-pyrrole nitrogens is 1. The van der Waals surface area contributed by atoms with Gasteiger partial charge in [-0.2, -0.15) is 0 Å². The van der Waals surface area contributed by atoms with Crippen LogP contribution < -0.4 is 5.32 Å². The summed E-state index contributed by atoms with van der Waals surface area (Å²) in [5, 5.41) is 3.56. The van der Waals surface area contributed by atoms with Crippen LogP contribution in [-0.4, -0.2) is 28.2 Å². The summed E-state index contributed by atoms with van der Waals surface area (Å²) in [6, 6.07) is 11.9. The Hall–Kier alpha value is -3.41. The SMILES string of the molecule is C=CC(=O)Nc1ccccc1CC(=O)N1CCc2[nH]c3ccc(F)cc3c2C1. The lowest BCUT2D eigenvalue weighted by atomic mass is 10.0. The summed E-state index contributed by atoms with van der Waals surface area (Å²) in [6.07, 6.45) is 2.08. The fraction of sp³-hybridized carbons (Fsp3) is 0.182. The maximum absolute atomic E-state index is 13.7. The van der Waals surface area contributed by atoms with Gasteiger partial charge in [0.1, 0.15) is 5.82 Å². The van der Waals surface area contributed by atoms with Gasteiger partial charge < -0.3 is 15.2 Å². The summed E-state index contributed by atoms with van der Waals surface area (Å²) in [5.41, 5.74) is 4.27. The predicted octanol–water partition coefficient (Wildman–Crippen LogP) is 3.56. The Morgan fingerprint density at radius 1 is 1.25 bits per heavy atom. The average molecular weight is 377 g/mol. The number of rotatable bonds is 4. The van der Waals surface area contributed by atoms with Gasteiger partial charge in [-0.3, -0.25) is 9.59 Å². The second-order valence-corrected chi connectivity index (χ2v) is 6.86. The van der Waals surface area contributed by atoms with Gasteiger partial charge in [-0.05, 0) is 35.9 Å². The van der Waals surface area contributed by atoms with Crippen LogP contribution >= 0.6 is 0 Å². The molecule has 0 atom stereocenters. The van der Waals surface area contributed by atoms with E-state index < -0.39 is 0 Å². The Morgan fingerprint density at radius 2 is 2.07 bits per heavy atom. The van der Waals surface area contributed by atoms with Crippen molar-refractivity contribution in [1.82, 2.24) is 9.88 Å². The van der Waals surface area contributed by atoms with E-state index in [0.29, 0.717) is 25.2 Å². The van der Waals surface area contributed by atoms with Gasteiger partial charge in [0.15, 0.2) is 0 Å². The van der Waals surface area contributed by atoms with E-state index in [9.17, 15) is 14.0 Å². The summed E-state index contributed by atoms with van der Waals surface area (Å²) >= 11 is 0. The first-order chi connectivity index (χ1) is 13.5. The molecule has 2 aromatic carbocycles. The second-order valence-electron chi connectivity index (χ2n) is 6.86. The number of halogens is 1. The zero-order valence-corrected chi connectivity index (χ0v) is 15.3. The molecule has 3 aromatic rings. The highest BCUT2D eigenvalue weighted by Gasteiger charge is 2.24. The minimum Gasteiger partial charge on any atom is -0.358 e. The molecule has 0 saturated carbocycles. The third-order valence-corrected chi connectivity index (χ3v) is 5.09. The number of aromatic nitrogens is 1. The van der Waals surface area contributed by atoms with Gasteiger partial charge in [-0.25, -0.2) is 4.39 Å². The third kappa shape index (κ3) is 3.41. The first-order valence-corrected chi connectivity index (χ1v) is 9.13. The Kier molecular flexibility index (Phi) is 4.69. The van der Waals surface area contributed by atoms with Crippen molar-refractivity contribution in [2.75, 3.05) is 11.9 Å². The van der Waals surface area contributed by atoms with Crippen molar-refractivity contribution in [3.8, 4) is 0 Å². The fourth-order valence-corrected chi connectivity index (χ4v) is 3.65. The van der Waals surface area contributed by atoms with Gasteiger partial charge in [0.2, 0.25) is 11.8 Å². The minimum atomic E-state index is -0.316. The smallest absolute Gasteiger partial charge is 0.247 e. The highest BCUT2D eigenvalue weighted by atomic mass is 19.1. The number of para-hydroxylation sites is 1. The zero-order chi connectivity index (χ0) is 19.7. The Balaban J connectivity index is 1.55. The number of nitrogens with one attached hydrogen (secondary N) is 2. The normalized spacial score (nSPS) is 13.2. The highest BCUT2D eigenvalue weighted by molar-refractivity contribution is 5.99. The molecule has 1 aromatic heterocycles. The molecule has 4 rings (SSSR count). The maximum Gasteiger partial charge on any atom is 0.247 e. The first-order valence-electron chi connectivity index (χ1n) is 9.13. The maximum atomic E-state index is 13.7. The van der Waals surface area contributed by atoms with Gasteiger partial charge in [0.25, 0.3) is 0 Å². The standard InChI is InChI=1S/C22H20FN3O2/c1-2-21(27)25-18-6-4-3-5-14(18)11-22(28)26-10-9-20-17(13-26)16-12-15(23)7-8-19(16)24-20/h2-8,12,24H,1,9-11,13H2,(H,25,27). The van der Waals surface area contributed by atoms with E-state index in [1.165, 1.54) is 18.2 Å². The Labute approximate surface area is 161 Å². The summed E-state index contributed by atoms with van der Waals surface area (Å²) in [5.74, 6) is -0.635. The van der Waals surface area contributed by atoms with Crippen molar-refractivity contribution in [3.63, 3.8) is 0 Å². The number of aromatic amines is 1. The van der Waals surface area contributed by atoms with Crippen LogP contribution in [0.4, 0.5) is 10.1 Å². The molecule has 2 N–H and O–H groups in total. The molecule has 0 fully saturated rings. The lowest BCUT2D eigenvalue weighted by Crippen LogP contribution is -2.36. The molecule has 6 heteroatoms. The monoisotopic (exact) mass is 377 g/mol. The van der Waals surface area contributed by atoms with Crippen LogP contribution in [0, 0.1) is 5.82 Å². The van der Waals surface area contributed by atoms with Gasteiger partial charge in [-0.1, -0.05) is 24.8 Å². The molecule has 0 bridgehead atoms. The molecular weight excluding hydrogens is 357 g/mol. The molecular formula is C22H20FN3O2. The van der Waals surface area contributed by atoms with E-state index >= 15 is 0 Å². The molecule has 2 heterocycles. The second kappa shape index (κ2) is 7.31. The van der Waals surface area contributed by atoms with Crippen molar-refractivity contribution >= 4 is 28.4 Å². The summed E-state index contributed by atoms with van der Waals surface area (Å²) in [6.45, 7) is 4.49. The minimum absolute atomic E-state index is 0.0308. The van der Waals surface area contributed by atoms with E-state index in [1.807, 2.05) is 12.1 Å². The van der Waals surface area contributed by atoms with Gasteiger partial charge in [0.05, 0.1) is 6.42 Å². The molecule has 0 radical (unpaired) electrons. The first kappa shape index (κ1) is 18.0. The molecule has 142 valence electrons. The number of amides is 2. The number of nitrogens with zero attached hydrogens (tertiary/aromatic N) is 1. The molecule has 1 aliphatic heterocycles. The molecule has 0 spiro atoms. The van der Waals surface area contributed by atoms with E-state index in [2.05, 4.69) is 16.9 Å². The van der Waals surface area contributed by atoms with Crippen molar-refractivity contribution in [1.29, 1.82) is 0 Å². The topological polar surface area (TPSA) is 65.2 Å². The third-order valence-electron chi connectivity index (χ3n) is 5.09. The molecule has 28 heavy (non-hydrogen) atoms. The Morgan fingerprint density at radius 3 is 2.89 bits per heavy atom. The molecule has 0 unspecified atom stereocenters. The van der Waals surface area contributed by atoms with E-state index in [1.54, 1.807) is 23.1 Å². The zero-order valence-electron chi connectivity index (χ0n) is 15.3. The van der Waals surface area contributed by atoms with Crippen LogP contribution in [0.1, 0.15) is 16.8 Å². The lowest BCUT2D eigenvalue weighted by molar-refractivity contribution is -0.131. The van der Waals surface area contributed by atoms with Crippen LogP contribution in [-0.2, 0) is 29.0 Å². The van der Waals surface area contributed by atoms with Crippen LogP contribution in [0.15, 0.2) is 55.1 Å². The van der Waals surface area contributed by atoms with Crippen LogP contribution in [0.3, 0.4) is 0 Å². The number of hydrogen-bond acceptors (Lipinski definition) is 2. The van der Waals surface area contributed by atoms with Crippen molar-refractivity contribution in [3.05, 3.63) is 77.8 Å². The van der Waals surface area contributed by atoms with Crippen LogP contribution in [0.5, 0.6) is 0 Å². The highest BCUT2D eigenvalue weighted by Crippen LogP contribution is 2.29. The van der Waals surface area contributed by atoms with Crippen molar-refractivity contribution in [2.45, 2.75) is 19.4 Å². The lowest BCUT2D eigenvalue weighted by Gasteiger charge is -2.27. The Bertz CT molecular complexity index is 1090. The molecule has 5 nitrogen and oxygen atoms in total. The summed E-state index contributed by atoms with van der Waals surface area (Å²) < 4.78 is 13.7. The molecule has 2 amide bonds. The van der Waals surface area contributed by atoms with E-state index in [0.717, 1.165) is 27.7 Å². The summed E-state index contributed by atoms with van der Waals surface area (Å²) in [7, 11) is 0. The largest absolute Gasteiger partial charge is 0.358 e.